The van der Waals surface area contributed by atoms with Crippen LogP contribution in [0.2, 0.25) is 0 Å². The lowest BCUT2D eigenvalue weighted by atomic mass is 10.5. The van der Waals surface area contributed by atoms with E-state index in [4.69, 9.17) is 0 Å². The zero-order valence-corrected chi connectivity index (χ0v) is 6.35. The first kappa shape index (κ1) is 9.06. The summed E-state index contributed by atoms with van der Waals surface area (Å²) in [6, 6.07) is 0. The maximum atomic E-state index is 4.47. The molecule has 5 heteroatoms. The molecule has 0 aromatic heterocycles. The maximum Gasteiger partial charge on any atom is 0.307 e. The Morgan fingerprint density at radius 2 is 2.33 bits per heavy atom. The largest absolute Gasteiger partial charge is 0.320 e. The van der Waals surface area contributed by atoms with Crippen LogP contribution in [0.3, 0.4) is 0 Å². The third-order valence-corrected chi connectivity index (χ3v) is 0.805. The van der Waals surface area contributed by atoms with Gasteiger partial charge >= 0.3 is 10.5 Å². The van der Waals surface area contributed by atoms with E-state index in [9.17, 15) is 0 Å². The van der Waals surface area contributed by atoms with E-state index in [0.717, 1.165) is 13.0 Å². The summed E-state index contributed by atoms with van der Waals surface area (Å²) in [5.74, 6) is 0. The third-order valence-electron chi connectivity index (χ3n) is 0.737. The average molecular weight is 148 g/mol. The summed E-state index contributed by atoms with van der Waals surface area (Å²) < 4.78 is 3.98. The van der Waals surface area contributed by atoms with Crippen molar-refractivity contribution < 1.29 is 14.5 Å². The standard InChI is InChI=1S/C4H10NO3Si/c1-5-3-2-4-6-7-8-9/h5H,2-4H2,1H3. The Morgan fingerprint density at radius 1 is 1.56 bits per heavy atom. The lowest BCUT2D eigenvalue weighted by Gasteiger charge is -1.98. The van der Waals surface area contributed by atoms with Crippen LogP contribution in [-0.2, 0) is 14.5 Å². The number of hydrogen-bond acceptors (Lipinski definition) is 4. The van der Waals surface area contributed by atoms with Crippen molar-refractivity contribution in [3.05, 3.63) is 0 Å². The molecule has 0 rings (SSSR count). The molecule has 0 bridgehead atoms. The second kappa shape index (κ2) is 8.06. The average Bonchev–Trinajstić information content (AvgIpc) is 1.89. The quantitative estimate of drug-likeness (QED) is 0.240. The van der Waals surface area contributed by atoms with Gasteiger partial charge in [0.25, 0.3) is 0 Å². The molecule has 0 saturated carbocycles. The monoisotopic (exact) mass is 148 g/mol. The summed E-state index contributed by atoms with van der Waals surface area (Å²) in [7, 11) is 4.47. The highest BCUT2D eigenvalue weighted by Crippen LogP contribution is 1.80. The van der Waals surface area contributed by atoms with Gasteiger partial charge in [-0.05, 0) is 20.0 Å². The number of nitrogens with one attached hydrogen (secondary N) is 1. The molecule has 0 fully saturated rings. The number of rotatable bonds is 6. The second-order valence-corrected chi connectivity index (χ2v) is 1.60. The summed E-state index contributed by atoms with van der Waals surface area (Å²) in [6.07, 6.45) is 0.895. The molecule has 0 saturated heterocycles. The van der Waals surface area contributed by atoms with Gasteiger partial charge in [0, 0.05) is 0 Å². The van der Waals surface area contributed by atoms with E-state index in [1.165, 1.54) is 0 Å². The van der Waals surface area contributed by atoms with E-state index >= 15 is 0 Å². The molecular formula is C4H10NO3Si. The summed E-state index contributed by atoms with van der Waals surface area (Å²) in [6.45, 7) is 1.43. The van der Waals surface area contributed by atoms with Crippen LogP contribution in [0.1, 0.15) is 6.42 Å². The van der Waals surface area contributed by atoms with Gasteiger partial charge in [0.1, 0.15) is 0 Å². The molecule has 1 N–H and O–H groups in total. The Hall–Kier alpha value is 0.0569. The van der Waals surface area contributed by atoms with Gasteiger partial charge < -0.3 is 5.32 Å². The minimum atomic E-state index is 0.519. The molecule has 0 spiro atoms. The second-order valence-electron chi connectivity index (χ2n) is 1.43. The lowest BCUT2D eigenvalue weighted by Crippen LogP contribution is -2.10. The predicted octanol–water partition coefficient (Wildman–Crippen LogP) is -0.441. The molecule has 0 amide bonds. The first-order valence-corrected chi connectivity index (χ1v) is 3.09. The van der Waals surface area contributed by atoms with E-state index in [-0.39, 0.29) is 0 Å². The smallest absolute Gasteiger partial charge is 0.307 e. The van der Waals surface area contributed by atoms with Gasteiger partial charge in [-0.1, -0.05) is 5.04 Å². The van der Waals surface area contributed by atoms with Gasteiger partial charge in [0.15, 0.2) is 0 Å². The van der Waals surface area contributed by atoms with Crippen LogP contribution in [0.15, 0.2) is 0 Å². The van der Waals surface area contributed by atoms with Crippen LogP contribution in [0.4, 0.5) is 0 Å². The molecule has 53 valence electrons. The van der Waals surface area contributed by atoms with Crippen LogP contribution < -0.4 is 5.32 Å². The zero-order chi connectivity index (χ0) is 6.95. The van der Waals surface area contributed by atoms with Gasteiger partial charge in [0.05, 0.1) is 6.61 Å². The van der Waals surface area contributed by atoms with Gasteiger partial charge in [-0.2, -0.15) is 0 Å². The van der Waals surface area contributed by atoms with Crippen molar-refractivity contribution in [3.8, 4) is 0 Å². The molecule has 0 aromatic carbocycles. The van der Waals surface area contributed by atoms with E-state index in [0.29, 0.717) is 6.61 Å². The SMILES string of the molecule is CNCCCOOO[Si]. The molecule has 0 aliphatic carbocycles. The molecule has 0 aliphatic heterocycles. The van der Waals surface area contributed by atoms with Crippen molar-refractivity contribution in [3.63, 3.8) is 0 Å². The molecule has 4 nitrogen and oxygen atoms in total. The van der Waals surface area contributed by atoms with Crippen molar-refractivity contribution >= 4 is 10.5 Å². The molecule has 0 aliphatic rings. The summed E-state index contributed by atoms with van der Waals surface area (Å²) in [5, 5.41) is 7.02. The van der Waals surface area contributed by atoms with Gasteiger partial charge in [-0.15, -0.1) is 0 Å². The van der Waals surface area contributed by atoms with Crippen LogP contribution in [0.25, 0.3) is 0 Å². The van der Waals surface area contributed by atoms with Crippen LogP contribution in [-0.4, -0.2) is 30.7 Å². The van der Waals surface area contributed by atoms with Crippen molar-refractivity contribution in [1.82, 2.24) is 5.32 Å². The lowest BCUT2D eigenvalue weighted by molar-refractivity contribution is -0.467. The fourth-order valence-corrected chi connectivity index (χ4v) is 0.414. The Balaban J connectivity index is 2.60. The van der Waals surface area contributed by atoms with E-state index in [1.807, 2.05) is 7.05 Å². The maximum absolute atomic E-state index is 4.47. The first-order chi connectivity index (χ1) is 4.41. The summed E-state index contributed by atoms with van der Waals surface area (Å²) >= 11 is 0. The predicted molar refractivity (Wildman–Crippen MR) is 32.4 cm³/mol. The Bertz CT molecular complexity index is 49.1. The molecular weight excluding hydrogens is 138 g/mol. The molecule has 0 heterocycles. The summed E-state index contributed by atoms with van der Waals surface area (Å²) in [5.41, 5.74) is 0. The molecule has 0 aromatic rings. The Morgan fingerprint density at radius 3 is 2.89 bits per heavy atom. The van der Waals surface area contributed by atoms with Crippen LogP contribution in [0, 0.1) is 0 Å². The molecule has 0 unspecified atom stereocenters. The van der Waals surface area contributed by atoms with E-state index < -0.39 is 0 Å². The Labute approximate surface area is 57.9 Å². The van der Waals surface area contributed by atoms with Gasteiger partial charge in [-0.25, -0.2) is 4.89 Å². The molecule has 9 heavy (non-hydrogen) atoms. The highest BCUT2D eigenvalue weighted by atomic mass is 28.2. The van der Waals surface area contributed by atoms with Gasteiger partial charge in [0.2, 0.25) is 0 Å². The zero-order valence-electron chi connectivity index (χ0n) is 5.35. The normalized spacial score (nSPS) is 10.0. The fraction of sp³-hybridized carbons (Fsp3) is 1.00. The first-order valence-electron chi connectivity index (χ1n) is 2.68. The third kappa shape index (κ3) is 8.06. The topological polar surface area (TPSA) is 39.7 Å². The van der Waals surface area contributed by atoms with Crippen LogP contribution >= 0.6 is 0 Å². The van der Waals surface area contributed by atoms with Crippen molar-refractivity contribution in [1.29, 1.82) is 0 Å². The van der Waals surface area contributed by atoms with Gasteiger partial charge in [-0.3, -0.25) is 4.58 Å². The highest BCUT2D eigenvalue weighted by molar-refractivity contribution is 5.97. The van der Waals surface area contributed by atoms with E-state index in [2.05, 4.69) is 30.3 Å². The minimum absolute atomic E-state index is 0.519. The van der Waals surface area contributed by atoms with Crippen LogP contribution in [0.5, 0.6) is 0 Å². The molecule has 3 radical (unpaired) electrons. The van der Waals surface area contributed by atoms with Crippen molar-refractivity contribution in [2.45, 2.75) is 6.42 Å². The highest BCUT2D eigenvalue weighted by Gasteiger charge is 1.85. The number of hydrogen-bond donors (Lipinski definition) is 1. The Kier molecular flexibility index (Phi) is 8.11. The van der Waals surface area contributed by atoms with Crippen molar-refractivity contribution in [2.75, 3.05) is 20.2 Å². The van der Waals surface area contributed by atoms with Crippen molar-refractivity contribution in [2.24, 2.45) is 0 Å². The summed E-state index contributed by atoms with van der Waals surface area (Å²) in [4.78, 5) is 4.47. The molecule has 0 atom stereocenters. The minimum Gasteiger partial charge on any atom is -0.320 e. The van der Waals surface area contributed by atoms with E-state index in [1.54, 1.807) is 0 Å². The fourth-order valence-electron chi connectivity index (χ4n) is 0.366.